The van der Waals surface area contributed by atoms with E-state index in [1.165, 1.54) is 10.5 Å². The van der Waals surface area contributed by atoms with E-state index in [1.54, 1.807) is 11.8 Å². The lowest BCUT2D eigenvalue weighted by molar-refractivity contribution is -0.120. The first kappa shape index (κ1) is 15.1. The summed E-state index contributed by atoms with van der Waals surface area (Å²) < 4.78 is 0. The Bertz CT molecular complexity index is 365. The molecule has 1 atom stereocenters. The predicted octanol–water partition coefficient (Wildman–Crippen LogP) is 2.33. The van der Waals surface area contributed by atoms with Gasteiger partial charge in [-0.25, -0.2) is 0 Å². The van der Waals surface area contributed by atoms with Crippen molar-refractivity contribution in [2.24, 2.45) is 5.73 Å². The highest BCUT2D eigenvalue weighted by molar-refractivity contribution is 7.99. The molecule has 1 rings (SSSR count). The Balaban J connectivity index is 2.34. The number of rotatable bonds is 8. The summed E-state index contributed by atoms with van der Waals surface area (Å²) in [5.41, 5.74) is 6.63. The zero-order chi connectivity index (χ0) is 13.4. The molecule has 1 unspecified atom stereocenters. The molecular formula is C14H22N2OS. The summed E-state index contributed by atoms with van der Waals surface area (Å²) >= 11 is 1.76. The van der Waals surface area contributed by atoms with E-state index in [2.05, 4.69) is 43.4 Å². The van der Waals surface area contributed by atoms with E-state index in [0.717, 1.165) is 25.1 Å². The van der Waals surface area contributed by atoms with Crippen LogP contribution in [0, 0.1) is 6.92 Å². The van der Waals surface area contributed by atoms with Crippen molar-refractivity contribution in [1.29, 1.82) is 0 Å². The number of benzene rings is 1. The number of carbonyl (C=O) groups is 1. The lowest BCUT2D eigenvalue weighted by Crippen LogP contribution is -2.41. The SMILES string of the molecule is CCCNC(CCSc1ccc(C)cc1)C(N)=O. The molecule has 1 amide bonds. The highest BCUT2D eigenvalue weighted by Crippen LogP contribution is 2.19. The van der Waals surface area contributed by atoms with Gasteiger partial charge in [0.05, 0.1) is 6.04 Å². The van der Waals surface area contributed by atoms with Gasteiger partial charge in [-0.3, -0.25) is 4.79 Å². The molecule has 18 heavy (non-hydrogen) atoms. The fourth-order valence-electron chi connectivity index (χ4n) is 1.59. The molecule has 0 saturated heterocycles. The predicted molar refractivity (Wildman–Crippen MR) is 77.8 cm³/mol. The van der Waals surface area contributed by atoms with E-state index in [1.807, 2.05) is 0 Å². The fourth-order valence-corrected chi connectivity index (χ4v) is 2.51. The third-order valence-corrected chi connectivity index (χ3v) is 3.73. The van der Waals surface area contributed by atoms with Crippen LogP contribution in [0.15, 0.2) is 29.2 Å². The molecule has 3 nitrogen and oxygen atoms in total. The third-order valence-electron chi connectivity index (χ3n) is 2.68. The summed E-state index contributed by atoms with van der Waals surface area (Å²) in [6.07, 6.45) is 1.78. The van der Waals surface area contributed by atoms with E-state index in [4.69, 9.17) is 5.73 Å². The number of thioether (sulfide) groups is 1. The Hall–Kier alpha value is -1.00. The van der Waals surface area contributed by atoms with Gasteiger partial charge in [-0.2, -0.15) is 0 Å². The number of hydrogen-bond donors (Lipinski definition) is 2. The second-order valence-electron chi connectivity index (χ2n) is 4.36. The summed E-state index contributed by atoms with van der Waals surface area (Å²) in [5, 5.41) is 3.18. The van der Waals surface area contributed by atoms with Crippen LogP contribution in [0.3, 0.4) is 0 Å². The van der Waals surface area contributed by atoms with Crippen LogP contribution in [0.1, 0.15) is 25.3 Å². The number of nitrogens with two attached hydrogens (primary N) is 1. The van der Waals surface area contributed by atoms with Gasteiger partial charge in [0.2, 0.25) is 5.91 Å². The minimum Gasteiger partial charge on any atom is -0.368 e. The number of hydrogen-bond acceptors (Lipinski definition) is 3. The monoisotopic (exact) mass is 266 g/mol. The zero-order valence-corrected chi connectivity index (χ0v) is 11.9. The summed E-state index contributed by atoms with van der Waals surface area (Å²) in [5.74, 6) is 0.640. The van der Waals surface area contributed by atoms with Gasteiger partial charge in [-0.05, 0) is 44.2 Å². The minimum atomic E-state index is -0.257. The van der Waals surface area contributed by atoms with E-state index >= 15 is 0 Å². The molecule has 0 radical (unpaired) electrons. The van der Waals surface area contributed by atoms with Gasteiger partial charge < -0.3 is 11.1 Å². The molecule has 0 bridgehead atoms. The van der Waals surface area contributed by atoms with E-state index in [-0.39, 0.29) is 11.9 Å². The van der Waals surface area contributed by atoms with Crippen LogP contribution in [0.25, 0.3) is 0 Å². The first-order valence-electron chi connectivity index (χ1n) is 6.35. The van der Waals surface area contributed by atoms with Crippen molar-refractivity contribution < 1.29 is 4.79 Å². The molecule has 0 aliphatic heterocycles. The molecule has 0 fully saturated rings. The van der Waals surface area contributed by atoms with Crippen molar-refractivity contribution in [3.63, 3.8) is 0 Å². The summed E-state index contributed by atoms with van der Waals surface area (Å²) in [6.45, 7) is 4.99. The first-order valence-corrected chi connectivity index (χ1v) is 7.34. The Morgan fingerprint density at radius 2 is 2.06 bits per heavy atom. The molecule has 0 saturated carbocycles. The Morgan fingerprint density at radius 3 is 2.61 bits per heavy atom. The second-order valence-corrected chi connectivity index (χ2v) is 5.53. The lowest BCUT2D eigenvalue weighted by atomic mass is 10.2. The van der Waals surface area contributed by atoms with Gasteiger partial charge in [0.1, 0.15) is 0 Å². The third kappa shape index (κ3) is 5.56. The van der Waals surface area contributed by atoms with Gasteiger partial charge in [0.25, 0.3) is 0 Å². The average Bonchev–Trinajstić information content (AvgIpc) is 2.35. The zero-order valence-electron chi connectivity index (χ0n) is 11.1. The van der Waals surface area contributed by atoms with Crippen molar-refractivity contribution in [2.75, 3.05) is 12.3 Å². The largest absolute Gasteiger partial charge is 0.368 e. The van der Waals surface area contributed by atoms with Crippen molar-refractivity contribution >= 4 is 17.7 Å². The highest BCUT2D eigenvalue weighted by Gasteiger charge is 2.13. The fraction of sp³-hybridized carbons (Fsp3) is 0.500. The van der Waals surface area contributed by atoms with Crippen LogP contribution in [0.4, 0.5) is 0 Å². The molecule has 0 aliphatic rings. The van der Waals surface area contributed by atoms with Crippen LogP contribution in [-0.2, 0) is 4.79 Å². The second kappa shape index (κ2) is 8.16. The number of aryl methyl sites for hydroxylation is 1. The number of nitrogens with one attached hydrogen (secondary N) is 1. The number of amides is 1. The summed E-state index contributed by atoms with van der Waals surface area (Å²) in [4.78, 5) is 12.5. The standard InChI is InChI=1S/C14H22N2OS/c1-3-9-16-13(14(15)17)8-10-18-12-6-4-11(2)5-7-12/h4-7,13,16H,3,8-10H2,1-2H3,(H2,15,17). The normalized spacial score (nSPS) is 12.3. The van der Waals surface area contributed by atoms with Crippen molar-refractivity contribution in [2.45, 2.75) is 37.6 Å². The van der Waals surface area contributed by atoms with Gasteiger partial charge >= 0.3 is 0 Å². The van der Waals surface area contributed by atoms with Crippen LogP contribution >= 0.6 is 11.8 Å². The van der Waals surface area contributed by atoms with E-state index < -0.39 is 0 Å². The molecule has 3 N–H and O–H groups in total. The van der Waals surface area contributed by atoms with E-state index in [9.17, 15) is 4.79 Å². The number of carbonyl (C=O) groups excluding carboxylic acids is 1. The van der Waals surface area contributed by atoms with Crippen LogP contribution in [0.2, 0.25) is 0 Å². The average molecular weight is 266 g/mol. The van der Waals surface area contributed by atoms with Crippen LogP contribution in [-0.4, -0.2) is 24.2 Å². The molecule has 0 aromatic heterocycles. The van der Waals surface area contributed by atoms with Gasteiger partial charge in [0.15, 0.2) is 0 Å². The summed E-state index contributed by atoms with van der Waals surface area (Å²) in [7, 11) is 0. The maximum absolute atomic E-state index is 11.2. The van der Waals surface area contributed by atoms with E-state index in [0.29, 0.717) is 0 Å². The molecule has 0 heterocycles. The van der Waals surface area contributed by atoms with Crippen molar-refractivity contribution in [3.8, 4) is 0 Å². The maximum atomic E-state index is 11.2. The Kier molecular flexibility index (Phi) is 6.83. The van der Waals surface area contributed by atoms with Crippen molar-refractivity contribution in [3.05, 3.63) is 29.8 Å². The minimum absolute atomic E-state index is 0.206. The van der Waals surface area contributed by atoms with Gasteiger partial charge in [0, 0.05) is 4.90 Å². The molecule has 0 spiro atoms. The lowest BCUT2D eigenvalue weighted by Gasteiger charge is -2.14. The molecule has 4 heteroatoms. The quantitative estimate of drug-likeness (QED) is 0.710. The molecule has 1 aromatic carbocycles. The Labute approximate surface area is 114 Å². The maximum Gasteiger partial charge on any atom is 0.234 e. The first-order chi connectivity index (χ1) is 8.63. The topological polar surface area (TPSA) is 55.1 Å². The summed E-state index contributed by atoms with van der Waals surface area (Å²) in [6, 6.07) is 8.21. The Morgan fingerprint density at radius 1 is 1.39 bits per heavy atom. The smallest absolute Gasteiger partial charge is 0.234 e. The molecule has 0 aliphatic carbocycles. The van der Waals surface area contributed by atoms with Crippen molar-refractivity contribution in [1.82, 2.24) is 5.32 Å². The van der Waals surface area contributed by atoms with Gasteiger partial charge in [-0.1, -0.05) is 24.6 Å². The molecule has 100 valence electrons. The van der Waals surface area contributed by atoms with Gasteiger partial charge in [-0.15, -0.1) is 11.8 Å². The molecule has 1 aromatic rings. The van der Waals surface area contributed by atoms with Crippen LogP contribution < -0.4 is 11.1 Å². The highest BCUT2D eigenvalue weighted by atomic mass is 32.2. The molecular weight excluding hydrogens is 244 g/mol. The van der Waals surface area contributed by atoms with Crippen LogP contribution in [0.5, 0.6) is 0 Å². The number of primary amides is 1.